The Morgan fingerprint density at radius 1 is 1.12 bits per heavy atom. The highest BCUT2D eigenvalue weighted by atomic mass is 79.9. The number of carbonyl (C=O) groups is 1. The van der Waals surface area contributed by atoms with Crippen molar-refractivity contribution in [2.45, 2.75) is 19.4 Å². The normalized spacial score (nSPS) is 16.6. The van der Waals surface area contributed by atoms with Gasteiger partial charge in [-0.2, -0.15) is 0 Å². The first-order chi connectivity index (χ1) is 12.1. The molecule has 1 atom stereocenters. The summed E-state index contributed by atoms with van der Waals surface area (Å²) in [6.45, 7) is 2.83. The predicted octanol–water partition coefficient (Wildman–Crippen LogP) is 5.61. The first-order valence-corrected chi connectivity index (χ1v) is 10.0. The summed E-state index contributed by atoms with van der Waals surface area (Å²) in [6.07, 6.45) is 0.922. The molecule has 0 aliphatic carbocycles. The number of thiophene rings is 1. The van der Waals surface area contributed by atoms with E-state index < -0.39 is 0 Å². The van der Waals surface area contributed by atoms with Crippen LogP contribution >= 0.6 is 27.3 Å². The van der Waals surface area contributed by atoms with Crippen LogP contribution in [0.1, 0.15) is 38.0 Å². The van der Waals surface area contributed by atoms with Gasteiger partial charge in [0.1, 0.15) is 0 Å². The zero-order valence-electron chi connectivity index (χ0n) is 13.9. The lowest BCUT2D eigenvalue weighted by atomic mass is 9.92. The molecule has 25 heavy (non-hydrogen) atoms. The molecule has 1 aromatic heterocycles. The molecule has 1 unspecified atom stereocenters. The number of carbonyl (C=O) groups excluding carboxylic acids is 1. The summed E-state index contributed by atoms with van der Waals surface area (Å²) in [5.41, 5.74) is 4.39. The van der Waals surface area contributed by atoms with E-state index in [0.29, 0.717) is 0 Å². The van der Waals surface area contributed by atoms with Gasteiger partial charge in [0, 0.05) is 15.9 Å². The van der Waals surface area contributed by atoms with Crippen LogP contribution < -0.4 is 0 Å². The molecule has 0 fully saturated rings. The number of fused-ring (bicyclic) bond motifs is 1. The van der Waals surface area contributed by atoms with Crippen molar-refractivity contribution in [1.29, 1.82) is 0 Å². The molecule has 0 bridgehead atoms. The maximum Gasteiger partial charge on any atom is 0.255 e. The average molecular weight is 412 g/mol. The third kappa shape index (κ3) is 3.05. The van der Waals surface area contributed by atoms with Crippen molar-refractivity contribution >= 4 is 33.2 Å². The molecule has 2 aromatic carbocycles. The van der Waals surface area contributed by atoms with Crippen molar-refractivity contribution < 1.29 is 4.79 Å². The number of hydrogen-bond donors (Lipinski definition) is 0. The number of nitrogens with zero attached hydrogens (tertiary/aromatic N) is 1. The number of hydrogen-bond acceptors (Lipinski definition) is 2. The summed E-state index contributed by atoms with van der Waals surface area (Å²) in [5.74, 6) is 0.0786. The lowest BCUT2D eigenvalue weighted by Gasteiger charge is -2.36. The molecule has 0 spiro atoms. The molecule has 0 N–H and O–H groups in total. The summed E-state index contributed by atoms with van der Waals surface area (Å²) in [4.78, 5) is 16.7. The Morgan fingerprint density at radius 2 is 1.88 bits per heavy atom. The fourth-order valence-electron chi connectivity index (χ4n) is 3.43. The molecule has 0 saturated carbocycles. The zero-order chi connectivity index (χ0) is 17.4. The Balaban J connectivity index is 1.79. The van der Waals surface area contributed by atoms with Crippen LogP contribution in [0.2, 0.25) is 0 Å². The van der Waals surface area contributed by atoms with Crippen LogP contribution in [0.4, 0.5) is 0 Å². The number of benzene rings is 2. The minimum Gasteiger partial charge on any atom is -0.327 e. The standard InChI is InChI=1S/C21H18BrNOS/c1-14-6-8-15(9-7-14)20-17-11-13-25-19(17)10-12-23(20)21(24)16-4-2-3-5-18(16)22/h2-9,11,13,20H,10,12H2,1H3. The molecule has 4 rings (SSSR count). The topological polar surface area (TPSA) is 20.3 Å². The van der Waals surface area contributed by atoms with Crippen LogP contribution in [0, 0.1) is 6.92 Å². The van der Waals surface area contributed by atoms with E-state index in [1.165, 1.54) is 21.6 Å². The second-order valence-corrected chi connectivity index (χ2v) is 8.20. The Labute approximate surface area is 160 Å². The van der Waals surface area contributed by atoms with Crippen molar-refractivity contribution in [3.05, 3.63) is 91.6 Å². The van der Waals surface area contributed by atoms with E-state index in [-0.39, 0.29) is 11.9 Å². The first kappa shape index (κ1) is 16.6. The van der Waals surface area contributed by atoms with E-state index in [9.17, 15) is 4.79 Å². The minimum absolute atomic E-state index is 0.0183. The summed E-state index contributed by atoms with van der Waals surface area (Å²) in [7, 11) is 0. The maximum atomic E-state index is 13.3. The third-order valence-electron chi connectivity index (χ3n) is 4.72. The number of aryl methyl sites for hydroxylation is 1. The van der Waals surface area contributed by atoms with Gasteiger partial charge >= 0.3 is 0 Å². The summed E-state index contributed by atoms with van der Waals surface area (Å²) < 4.78 is 0.846. The maximum absolute atomic E-state index is 13.3. The fourth-order valence-corrected chi connectivity index (χ4v) is 4.79. The Kier molecular flexibility index (Phi) is 4.48. The van der Waals surface area contributed by atoms with E-state index >= 15 is 0 Å². The first-order valence-electron chi connectivity index (χ1n) is 8.33. The van der Waals surface area contributed by atoms with Crippen LogP contribution in [0.5, 0.6) is 0 Å². The van der Waals surface area contributed by atoms with Crippen LogP contribution in [-0.2, 0) is 6.42 Å². The quantitative estimate of drug-likeness (QED) is 0.536. The molecular formula is C21H18BrNOS. The van der Waals surface area contributed by atoms with E-state index in [2.05, 4.69) is 58.6 Å². The zero-order valence-corrected chi connectivity index (χ0v) is 16.3. The lowest BCUT2D eigenvalue weighted by molar-refractivity contribution is 0.0695. The van der Waals surface area contributed by atoms with Gasteiger partial charge in [0.05, 0.1) is 11.6 Å². The van der Waals surface area contributed by atoms with Crippen molar-refractivity contribution in [3.63, 3.8) is 0 Å². The second kappa shape index (κ2) is 6.77. The highest BCUT2D eigenvalue weighted by Crippen LogP contribution is 2.39. The molecule has 1 amide bonds. The highest BCUT2D eigenvalue weighted by molar-refractivity contribution is 9.10. The smallest absolute Gasteiger partial charge is 0.255 e. The van der Waals surface area contributed by atoms with Gasteiger partial charge in [0.2, 0.25) is 0 Å². The van der Waals surface area contributed by atoms with Crippen molar-refractivity contribution in [2.75, 3.05) is 6.54 Å². The lowest BCUT2D eigenvalue weighted by Crippen LogP contribution is -2.40. The number of rotatable bonds is 2. The second-order valence-electron chi connectivity index (χ2n) is 6.34. The average Bonchev–Trinajstić information content (AvgIpc) is 3.10. The molecule has 1 aliphatic heterocycles. The van der Waals surface area contributed by atoms with Gasteiger partial charge in [-0.15, -0.1) is 11.3 Å². The highest BCUT2D eigenvalue weighted by Gasteiger charge is 2.33. The Morgan fingerprint density at radius 3 is 2.64 bits per heavy atom. The van der Waals surface area contributed by atoms with Gasteiger partial charge < -0.3 is 4.90 Å². The van der Waals surface area contributed by atoms with Crippen LogP contribution in [0.3, 0.4) is 0 Å². The molecule has 4 heteroatoms. The fraction of sp³-hybridized carbons (Fsp3) is 0.190. The van der Waals surface area contributed by atoms with Crippen molar-refractivity contribution in [1.82, 2.24) is 4.90 Å². The molecule has 0 saturated heterocycles. The van der Waals surface area contributed by atoms with Gasteiger partial charge in [-0.05, 0) is 64.0 Å². The molecule has 2 nitrogen and oxygen atoms in total. The Bertz CT molecular complexity index is 916. The van der Waals surface area contributed by atoms with E-state index in [1.807, 2.05) is 29.2 Å². The van der Waals surface area contributed by atoms with Crippen molar-refractivity contribution in [2.24, 2.45) is 0 Å². The minimum atomic E-state index is -0.0183. The molecule has 3 aromatic rings. The largest absolute Gasteiger partial charge is 0.327 e. The number of amides is 1. The van der Waals surface area contributed by atoms with Gasteiger partial charge in [-0.1, -0.05) is 42.0 Å². The summed E-state index contributed by atoms with van der Waals surface area (Å²) >= 11 is 5.32. The summed E-state index contributed by atoms with van der Waals surface area (Å²) in [5, 5.41) is 2.14. The van der Waals surface area contributed by atoms with Gasteiger partial charge in [-0.3, -0.25) is 4.79 Å². The van der Waals surface area contributed by atoms with E-state index in [0.717, 1.165) is 23.0 Å². The SMILES string of the molecule is Cc1ccc(C2c3ccsc3CCN2C(=O)c2ccccc2Br)cc1. The van der Waals surface area contributed by atoms with Crippen LogP contribution in [-0.4, -0.2) is 17.4 Å². The third-order valence-corrected chi connectivity index (χ3v) is 6.41. The summed E-state index contributed by atoms with van der Waals surface area (Å²) in [6, 6.07) is 18.4. The van der Waals surface area contributed by atoms with Crippen LogP contribution in [0.25, 0.3) is 0 Å². The van der Waals surface area contributed by atoms with E-state index in [4.69, 9.17) is 0 Å². The molecular weight excluding hydrogens is 394 g/mol. The molecule has 0 radical (unpaired) electrons. The van der Waals surface area contributed by atoms with Gasteiger partial charge in [0.25, 0.3) is 5.91 Å². The van der Waals surface area contributed by atoms with Gasteiger partial charge in [0.15, 0.2) is 0 Å². The van der Waals surface area contributed by atoms with Crippen LogP contribution in [0.15, 0.2) is 64.5 Å². The Hall–Kier alpha value is -1.91. The monoisotopic (exact) mass is 411 g/mol. The molecule has 2 heterocycles. The van der Waals surface area contributed by atoms with Crippen molar-refractivity contribution in [3.8, 4) is 0 Å². The molecule has 126 valence electrons. The van der Waals surface area contributed by atoms with Gasteiger partial charge in [-0.25, -0.2) is 0 Å². The molecule has 1 aliphatic rings. The number of halogens is 1. The predicted molar refractivity (Wildman–Crippen MR) is 106 cm³/mol. The van der Waals surface area contributed by atoms with E-state index in [1.54, 1.807) is 11.3 Å².